The van der Waals surface area contributed by atoms with Gasteiger partial charge in [-0.15, -0.1) is 0 Å². The topological polar surface area (TPSA) is 49.4 Å². The highest BCUT2D eigenvalue weighted by atomic mass is 16.2. The van der Waals surface area contributed by atoms with Crippen molar-refractivity contribution in [2.24, 2.45) is 5.92 Å². The van der Waals surface area contributed by atoms with Crippen LogP contribution in [0, 0.1) is 5.92 Å². The smallest absolute Gasteiger partial charge is 0.317 e. The molecule has 0 radical (unpaired) electrons. The summed E-state index contributed by atoms with van der Waals surface area (Å²) in [5.41, 5.74) is 0.789. The number of Topliss-reactive ketones (excluding diaryl/α,β-unsaturated/α-hetero) is 1. The van der Waals surface area contributed by atoms with Crippen molar-refractivity contribution in [2.45, 2.75) is 51.0 Å². The Hall–Kier alpha value is -1.84. The van der Waals surface area contributed by atoms with Gasteiger partial charge in [-0.1, -0.05) is 49.6 Å². The van der Waals surface area contributed by atoms with Gasteiger partial charge >= 0.3 is 6.03 Å². The summed E-state index contributed by atoms with van der Waals surface area (Å²) in [7, 11) is 0. The number of nitrogens with one attached hydrogen (secondary N) is 1. The van der Waals surface area contributed by atoms with Crippen molar-refractivity contribution >= 4 is 11.8 Å². The molecule has 124 valence electrons. The van der Waals surface area contributed by atoms with Gasteiger partial charge in [-0.05, 0) is 25.7 Å². The highest BCUT2D eigenvalue weighted by Gasteiger charge is 2.28. The first-order chi connectivity index (χ1) is 11.2. The van der Waals surface area contributed by atoms with E-state index in [1.807, 2.05) is 35.2 Å². The molecular formula is C19H26N2O2. The molecule has 2 aliphatic rings. The molecule has 4 nitrogen and oxygen atoms in total. The van der Waals surface area contributed by atoms with E-state index in [2.05, 4.69) is 5.32 Å². The van der Waals surface area contributed by atoms with Crippen LogP contribution in [0.5, 0.6) is 0 Å². The zero-order valence-electron chi connectivity index (χ0n) is 13.7. The van der Waals surface area contributed by atoms with Gasteiger partial charge in [0.25, 0.3) is 0 Å². The van der Waals surface area contributed by atoms with Crippen LogP contribution in [0.3, 0.4) is 0 Å². The van der Waals surface area contributed by atoms with Gasteiger partial charge in [0.1, 0.15) is 0 Å². The maximum absolute atomic E-state index is 12.5. The number of amides is 2. The second kappa shape index (κ2) is 7.62. The fourth-order valence-electron chi connectivity index (χ4n) is 3.70. The number of carbonyl (C=O) groups excluding carboxylic acids is 2. The number of nitrogens with zero attached hydrogens (tertiary/aromatic N) is 1. The zero-order valence-corrected chi connectivity index (χ0v) is 13.7. The molecule has 2 amide bonds. The Morgan fingerprint density at radius 3 is 2.22 bits per heavy atom. The van der Waals surface area contributed by atoms with Crippen molar-refractivity contribution in [3.8, 4) is 0 Å². The molecule has 2 fully saturated rings. The summed E-state index contributed by atoms with van der Waals surface area (Å²) in [6, 6.07) is 9.90. The Morgan fingerprint density at radius 1 is 0.913 bits per heavy atom. The standard InChI is InChI=1S/C19H26N2O2/c22-18(15-7-3-1-4-8-15)16-11-13-21(14-12-16)19(23)20-17-9-5-2-6-10-17/h1,3-4,7-8,16-17H,2,5-6,9-14H2,(H,20,23). The molecule has 0 spiro atoms. The molecule has 1 heterocycles. The van der Waals surface area contributed by atoms with Gasteiger partial charge in [0.2, 0.25) is 0 Å². The average molecular weight is 314 g/mol. The van der Waals surface area contributed by atoms with Gasteiger partial charge < -0.3 is 10.2 Å². The van der Waals surface area contributed by atoms with Crippen LogP contribution < -0.4 is 5.32 Å². The monoisotopic (exact) mass is 314 g/mol. The molecule has 23 heavy (non-hydrogen) atoms. The molecule has 0 unspecified atom stereocenters. The van der Waals surface area contributed by atoms with E-state index < -0.39 is 0 Å². The summed E-state index contributed by atoms with van der Waals surface area (Å²) >= 11 is 0. The summed E-state index contributed by atoms with van der Waals surface area (Å²) in [6.45, 7) is 1.36. The fraction of sp³-hybridized carbons (Fsp3) is 0.579. The number of hydrogen-bond donors (Lipinski definition) is 1. The van der Waals surface area contributed by atoms with E-state index in [1.165, 1.54) is 19.3 Å². The minimum absolute atomic E-state index is 0.0520. The molecule has 4 heteroatoms. The quantitative estimate of drug-likeness (QED) is 0.866. The number of hydrogen-bond acceptors (Lipinski definition) is 2. The summed E-state index contributed by atoms with van der Waals surface area (Å²) in [4.78, 5) is 26.7. The molecule has 1 aliphatic heterocycles. The van der Waals surface area contributed by atoms with Crippen LogP contribution in [0.2, 0.25) is 0 Å². The molecule has 1 saturated heterocycles. The maximum atomic E-state index is 12.5. The van der Waals surface area contributed by atoms with Gasteiger partial charge in [-0.2, -0.15) is 0 Å². The number of ketones is 1. The summed E-state index contributed by atoms with van der Waals surface area (Å²) in [6.07, 6.45) is 7.48. The van der Waals surface area contributed by atoms with E-state index in [0.717, 1.165) is 31.2 Å². The minimum atomic E-state index is 0.0520. The Labute approximate surface area is 138 Å². The van der Waals surface area contributed by atoms with Crippen molar-refractivity contribution in [1.82, 2.24) is 10.2 Å². The number of carbonyl (C=O) groups is 2. The van der Waals surface area contributed by atoms with Gasteiger partial charge in [0, 0.05) is 30.6 Å². The number of rotatable bonds is 3. The van der Waals surface area contributed by atoms with Crippen molar-refractivity contribution in [2.75, 3.05) is 13.1 Å². The largest absolute Gasteiger partial charge is 0.335 e. The van der Waals surface area contributed by atoms with Crippen molar-refractivity contribution in [1.29, 1.82) is 0 Å². The van der Waals surface area contributed by atoms with Crippen LogP contribution in [0.1, 0.15) is 55.3 Å². The van der Waals surface area contributed by atoms with Crippen molar-refractivity contribution < 1.29 is 9.59 Å². The Kier molecular flexibility index (Phi) is 5.31. The minimum Gasteiger partial charge on any atom is -0.335 e. The second-order valence-corrected chi connectivity index (χ2v) is 6.78. The Morgan fingerprint density at radius 2 is 1.57 bits per heavy atom. The lowest BCUT2D eigenvalue weighted by molar-refractivity contribution is 0.0852. The molecule has 1 N–H and O–H groups in total. The predicted octanol–water partition coefficient (Wildman–Crippen LogP) is 3.62. The van der Waals surface area contributed by atoms with E-state index in [0.29, 0.717) is 19.1 Å². The second-order valence-electron chi connectivity index (χ2n) is 6.78. The third-order valence-corrected chi connectivity index (χ3v) is 5.14. The van der Waals surface area contributed by atoms with Gasteiger partial charge in [-0.3, -0.25) is 4.79 Å². The molecule has 3 rings (SSSR count). The molecule has 0 atom stereocenters. The number of piperidine rings is 1. The van der Waals surface area contributed by atoms with Gasteiger partial charge in [0.15, 0.2) is 5.78 Å². The number of urea groups is 1. The molecule has 0 bridgehead atoms. The highest BCUT2D eigenvalue weighted by molar-refractivity contribution is 5.97. The highest BCUT2D eigenvalue weighted by Crippen LogP contribution is 2.23. The van der Waals surface area contributed by atoms with Crippen LogP contribution in [0.25, 0.3) is 0 Å². The summed E-state index contributed by atoms with van der Waals surface area (Å²) < 4.78 is 0. The molecule has 0 aromatic heterocycles. The van der Waals surface area contributed by atoms with Crippen molar-refractivity contribution in [3.63, 3.8) is 0 Å². The van der Waals surface area contributed by atoms with Crippen LogP contribution in [0.4, 0.5) is 4.79 Å². The van der Waals surface area contributed by atoms with Crippen LogP contribution >= 0.6 is 0 Å². The first kappa shape index (κ1) is 16.0. The first-order valence-electron chi connectivity index (χ1n) is 8.89. The lowest BCUT2D eigenvalue weighted by atomic mass is 9.89. The van der Waals surface area contributed by atoms with Gasteiger partial charge in [0.05, 0.1) is 0 Å². The number of benzene rings is 1. The molecular weight excluding hydrogens is 288 g/mol. The Bertz CT molecular complexity index is 530. The van der Waals surface area contributed by atoms with E-state index in [1.54, 1.807) is 0 Å². The van der Waals surface area contributed by atoms with E-state index in [-0.39, 0.29) is 17.7 Å². The van der Waals surface area contributed by atoms with Crippen LogP contribution in [-0.4, -0.2) is 35.8 Å². The van der Waals surface area contributed by atoms with Crippen LogP contribution in [-0.2, 0) is 0 Å². The third kappa shape index (κ3) is 4.12. The summed E-state index contributed by atoms with van der Waals surface area (Å²) in [5.74, 6) is 0.272. The molecule has 1 aromatic rings. The van der Waals surface area contributed by atoms with E-state index >= 15 is 0 Å². The fourth-order valence-corrected chi connectivity index (χ4v) is 3.70. The lowest BCUT2D eigenvalue weighted by Gasteiger charge is -2.33. The molecule has 1 saturated carbocycles. The molecule has 1 aromatic carbocycles. The molecule has 1 aliphatic carbocycles. The summed E-state index contributed by atoms with van der Waals surface area (Å²) in [5, 5.41) is 3.17. The van der Waals surface area contributed by atoms with E-state index in [9.17, 15) is 9.59 Å². The average Bonchev–Trinajstić information content (AvgIpc) is 2.63. The third-order valence-electron chi connectivity index (χ3n) is 5.14. The van der Waals surface area contributed by atoms with Crippen LogP contribution in [0.15, 0.2) is 30.3 Å². The van der Waals surface area contributed by atoms with E-state index in [4.69, 9.17) is 0 Å². The Balaban J connectivity index is 1.48. The maximum Gasteiger partial charge on any atom is 0.317 e. The SMILES string of the molecule is O=C(c1ccccc1)C1CCN(C(=O)NC2CCCCC2)CC1. The lowest BCUT2D eigenvalue weighted by Crippen LogP contribution is -2.48. The zero-order chi connectivity index (χ0) is 16.1. The predicted molar refractivity (Wildman–Crippen MR) is 90.5 cm³/mol. The normalized spacial score (nSPS) is 20.3. The number of likely N-dealkylation sites (tertiary alicyclic amines) is 1. The first-order valence-corrected chi connectivity index (χ1v) is 8.89. The van der Waals surface area contributed by atoms with Gasteiger partial charge in [-0.25, -0.2) is 4.79 Å². The van der Waals surface area contributed by atoms with Crippen molar-refractivity contribution in [3.05, 3.63) is 35.9 Å².